The first-order valence-electron chi connectivity index (χ1n) is 21.7. The Morgan fingerprint density at radius 3 is 1.65 bits per heavy atom. The SMILES string of the molecule is CCCCCCCCC1(CCCCCCCC)c2cc(C)ccc2-c2ccc(-c3cccc(-c4ccc5c(c4)c4cc(C)ccc4n5CCCC)n3)cc21. The molecule has 0 spiro atoms. The van der Waals surface area contributed by atoms with Crippen LogP contribution in [0.5, 0.6) is 0 Å². The molecule has 0 radical (unpaired) electrons. The molecule has 1 aliphatic rings. The molecule has 1 aliphatic carbocycles. The number of nitrogens with zero attached hydrogens (tertiary/aromatic N) is 2. The molecule has 54 heavy (non-hydrogen) atoms. The van der Waals surface area contributed by atoms with Crippen LogP contribution in [0.3, 0.4) is 0 Å². The summed E-state index contributed by atoms with van der Waals surface area (Å²) in [7, 11) is 0. The van der Waals surface area contributed by atoms with Crippen LogP contribution in [0, 0.1) is 13.8 Å². The van der Waals surface area contributed by atoms with E-state index >= 15 is 0 Å². The Labute approximate surface area is 326 Å². The fourth-order valence-electron chi connectivity index (χ4n) is 9.54. The van der Waals surface area contributed by atoms with Crippen LogP contribution in [0.4, 0.5) is 0 Å². The number of hydrogen-bond acceptors (Lipinski definition) is 1. The number of pyridine rings is 1. The molecule has 0 aliphatic heterocycles. The molecule has 2 nitrogen and oxygen atoms in total. The number of hydrogen-bond donors (Lipinski definition) is 0. The minimum Gasteiger partial charge on any atom is -0.340 e. The summed E-state index contributed by atoms with van der Waals surface area (Å²) in [5.41, 5.74) is 16.0. The van der Waals surface area contributed by atoms with Crippen LogP contribution in [0.15, 0.2) is 91.0 Å². The highest BCUT2D eigenvalue weighted by atomic mass is 15.0. The summed E-state index contributed by atoms with van der Waals surface area (Å²) in [6, 6.07) is 35.2. The molecule has 2 heteroatoms. The van der Waals surface area contributed by atoms with Crippen molar-refractivity contribution < 1.29 is 0 Å². The quantitative estimate of drug-likeness (QED) is 0.0763. The molecule has 282 valence electrons. The van der Waals surface area contributed by atoms with Gasteiger partial charge in [0.1, 0.15) is 0 Å². The van der Waals surface area contributed by atoms with Crippen molar-refractivity contribution >= 4 is 21.8 Å². The van der Waals surface area contributed by atoms with Crippen LogP contribution in [-0.4, -0.2) is 9.55 Å². The van der Waals surface area contributed by atoms with Crippen LogP contribution in [0.1, 0.15) is 146 Å². The fourth-order valence-corrected chi connectivity index (χ4v) is 9.54. The predicted molar refractivity (Wildman–Crippen MR) is 235 cm³/mol. The van der Waals surface area contributed by atoms with Crippen molar-refractivity contribution in [1.82, 2.24) is 9.55 Å². The van der Waals surface area contributed by atoms with Gasteiger partial charge in [-0.1, -0.05) is 164 Å². The topological polar surface area (TPSA) is 17.8 Å². The molecular formula is C52H64N2. The average Bonchev–Trinajstić information content (AvgIpc) is 3.64. The zero-order valence-corrected chi connectivity index (χ0v) is 34.1. The van der Waals surface area contributed by atoms with Gasteiger partial charge in [-0.15, -0.1) is 0 Å². The van der Waals surface area contributed by atoms with Gasteiger partial charge in [-0.2, -0.15) is 0 Å². The fraction of sp³-hybridized carbons (Fsp3) is 0.442. The highest BCUT2D eigenvalue weighted by molar-refractivity contribution is 6.09. The smallest absolute Gasteiger partial charge is 0.0709 e. The normalized spacial score (nSPS) is 13.2. The molecule has 0 fully saturated rings. The number of rotatable bonds is 19. The molecule has 4 aromatic carbocycles. The number of unbranched alkanes of at least 4 members (excludes halogenated alkanes) is 11. The zero-order chi connectivity index (χ0) is 37.5. The maximum absolute atomic E-state index is 5.41. The van der Waals surface area contributed by atoms with Crippen molar-refractivity contribution in [2.24, 2.45) is 0 Å². The van der Waals surface area contributed by atoms with Crippen molar-refractivity contribution in [3.8, 4) is 33.6 Å². The molecular weight excluding hydrogens is 653 g/mol. The number of aryl methyl sites for hydroxylation is 3. The summed E-state index contributed by atoms with van der Waals surface area (Å²) < 4.78 is 2.52. The van der Waals surface area contributed by atoms with Crippen molar-refractivity contribution in [2.75, 3.05) is 0 Å². The van der Waals surface area contributed by atoms with E-state index in [1.54, 1.807) is 11.1 Å². The molecule has 0 N–H and O–H groups in total. The van der Waals surface area contributed by atoms with Crippen molar-refractivity contribution in [1.29, 1.82) is 0 Å². The number of fused-ring (bicyclic) bond motifs is 6. The van der Waals surface area contributed by atoms with E-state index in [2.05, 4.69) is 130 Å². The van der Waals surface area contributed by atoms with Gasteiger partial charge in [0, 0.05) is 44.9 Å². The van der Waals surface area contributed by atoms with Crippen LogP contribution in [-0.2, 0) is 12.0 Å². The van der Waals surface area contributed by atoms with Crippen LogP contribution in [0.25, 0.3) is 55.4 Å². The molecule has 0 saturated carbocycles. The minimum absolute atomic E-state index is 0.0645. The van der Waals surface area contributed by atoms with Gasteiger partial charge in [0.05, 0.1) is 11.4 Å². The van der Waals surface area contributed by atoms with Crippen molar-refractivity contribution in [3.63, 3.8) is 0 Å². The lowest BCUT2D eigenvalue weighted by Crippen LogP contribution is -2.25. The summed E-state index contributed by atoms with van der Waals surface area (Å²) in [4.78, 5) is 5.41. The maximum atomic E-state index is 5.41. The standard InChI is InChI=1S/C52H64N2/c1-6-9-12-14-16-18-31-52(32-19-17-15-13-10-7-2)46-35-39(5)23-27-42(46)43-28-25-41(37-47(43)52)49-22-20-21-48(53-49)40-26-30-51-45(36-40)44-34-38(4)24-29-50(44)54(51)33-11-8-3/h20-30,34-37H,6-19,31-33H2,1-5H3. The second-order valence-corrected chi connectivity index (χ2v) is 16.6. The molecule has 2 heterocycles. The van der Waals surface area contributed by atoms with E-state index in [1.165, 1.54) is 158 Å². The monoisotopic (exact) mass is 717 g/mol. The Bertz CT molecular complexity index is 2170. The molecule has 0 atom stereocenters. The third-order valence-electron chi connectivity index (χ3n) is 12.5. The van der Waals surface area contributed by atoms with Gasteiger partial charge in [0.15, 0.2) is 0 Å². The second kappa shape index (κ2) is 17.5. The van der Waals surface area contributed by atoms with Gasteiger partial charge in [-0.3, -0.25) is 0 Å². The van der Waals surface area contributed by atoms with Gasteiger partial charge in [-0.25, -0.2) is 4.98 Å². The first kappa shape index (κ1) is 38.1. The lowest BCUT2D eigenvalue weighted by molar-refractivity contribution is 0.398. The molecule has 7 rings (SSSR count). The first-order chi connectivity index (χ1) is 26.5. The Morgan fingerprint density at radius 1 is 0.481 bits per heavy atom. The maximum Gasteiger partial charge on any atom is 0.0709 e. The van der Waals surface area contributed by atoms with Crippen molar-refractivity contribution in [3.05, 3.63) is 113 Å². The Morgan fingerprint density at radius 2 is 0.981 bits per heavy atom. The summed E-state index contributed by atoms with van der Waals surface area (Å²) >= 11 is 0. The first-order valence-corrected chi connectivity index (χ1v) is 21.7. The minimum atomic E-state index is 0.0645. The third kappa shape index (κ3) is 7.82. The Kier molecular flexibility index (Phi) is 12.4. The lowest BCUT2D eigenvalue weighted by atomic mass is 9.70. The van der Waals surface area contributed by atoms with Gasteiger partial charge in [-0.05, 0) is 97.8 Å². The van der Waals surface area contributed by atoms with Gasteiger partial charge >= 0.3 is 0 Å². The lowest BCUT2D eigenvalue weighted by Gasteiger charge is -2.33. The van der Waals surface area contributed by atoms with Gasteiger partial charge in [0.2, 0.25) is 0 Å². The van der Waals surface area contributed by atoms with Crippen LogP contribution < -0.4 is 0 Å². The summed E-state index contributed by atoms with van der Waals surface area (Å²) in [6.07, 6.45) is 20.9. The molecule has 0 bridgehead atoms. The van der Waals surface area contributed by atoms with E-state index in [0.717, 1.165) is 17.9 Å². The summed E-state index contributed by atoms with van der Waals surface area (Å²) in [5, 5.41) is 2.67. The average molecular weight is 717 g/mol. The largest absolute Gasteiger partial charge is 0.340 e. The highest BCUT2D eigenvalue weighted by Crippen LogP contribution is 2.55. The molecule has 0 unspecified atom stereocenters. The van der Waals surface area contributed by atoms with Gasteiger partial charge in [0.25, 0.3) is 0 Å². The summed E-state index contributed by atoms with van der Waals surface area (Å²) in [6.45, 7) is 12.5. The van der Waals surface area contributed by atoms with E-state index < -0.39 is 0 Å². The molecule has 0 saturated heterocycles. The highest BCUT2D eigenvalue weighted by Gasteiger charge is 2.42. The third-order valence-corrected chi connectivity index (χ3v) is 12.5. The Hall–Kier alpha value is -4.17. The second-order valence-electron chi connectivity index (χ2n) is 16.6. The van der Waals surface area contributed by atoms with Crippen LogP contribution >= 0.6 is 0 Å². The predicted octanol–water partition coefficient (Wildman–Crippen LogP) is 15.7. The zero-order valence-electron chi connectivity index (χ0n) is 34.1. The molecule has 2 aromatic heterocycles. The van der Waals surface area contributed by atoms with E-state index in [0.29, 0.717) is 0 Å². The Balaban J connectivity index is 1.26. The molecule has 6 aromatic rings. The van der Waals surface area contributed by atoms with Gasteiger partial charge < -0.3 is 4.57 Å². The van der Waals surface area contributed by atoms with E-state index in [9.17, 15) is 0 Å². The molecule has 0 amide bonds. The van der Waals surface area contributed by atoms with E-state index in [1.807, 2.05) is 0 Å². The van der Waals surface area contributed by atoms with E-state index in [-0.39, 0.29) is 5.41 Å². The number of benzene rings is 4. The van der Waals surface area contributed by atoms with Crippen molar-refractivity contribution in [2.45, 2.75) is 149 Å². The number of aromatic nitrogens is 2. The van der Waals surface area contributed by atoms with Crippen LogP contribution in [0.2, 0.25) is 0 Å². The van der Waals surface area contributed by atoms with E-state index in [4.69, 9.17) is 4.98 Å². The summed E-state index contributed by atoms with van der Waals surface area (Å²) in [5.74, 6) is 0.